The Bertz CT molecular complexity index is 674. The molecule has 0 aromatic carbocycles. The van der Waals surface area contributed by atoms with Gasteiger partial charge in [0, 0.05) is 12.4 Å². The second-order valence-electron chi connectivity index (χ2n) is 3.69. The molecule has 5 nitrogen and oxygen atoms in total. The van der Waals surface area contributed by atoms with Gasteiger partial charge in [0.1, 0.15) is 0 Å². The van der Waals surface area contributed by atoms with Gasteiger partial charge in [-0.15, -0.1) is 0 Å². The molecular formula is C12H9BrN4O. The lowest BCUT2D eigenvalue weighted by molar-refractivity contribution is 0.553. The minimum Gasteiger partial charge on any atom is -0.448 e. The first-order valence-electron chi connectivity index (χ1n) is 5.25. The van der Waals surface area contributed by atoms with Crippen LogP contribution in [0.3, 0.4) is 0 Å². The fourth-order valence-electron chi connectivity index (χ4n) is 1.65. The van der Waals surface area contributed by atoms with Crippen LogP contribution in [0.15, 0.2) is 51.9 Å². The van der Waals surface area contributed by atoms with E-state index in [1.807, 2.05) is 18.2 Å². The molecule has 0 bridgehead atoms. The van der Waals surface area contributed by atoms with Gasteiger partial charge >= 0.3 is 0 Å². The molecule has 0 saturated carbocycles. The minimum atomic E-state index is 0.564. The first kappa shape index (κ1) is 11.0. The standard InChI is InChI=1S/C12H9BrN4O/c13-11-2-1-10(18-11)12-9(14)7-17(16-12)8-3-5-15-6-4-8/h1-7H,14H2. The van der Waals surface area contributed by atoms with E-state index in [0.29, 0.717) is 21.8 Å². The number of anilines is 1. The van der Waals surface area contributed by atoms with E-state index >= 15 is 0 Å². The van der Waals surface area contributed by atoms with Crippen LogP contribution in [-0.2, 0) is 0 Å². The molecule has 0 amide bonds. The predicted octanol–water partition coefficient (Wildman–Crippen LogP) is 2.87. The fourth-order valence-corrected chi connectivity index (χ4v) is 1.96. The molecule has 3 rings (SSSR count). The van der Waals surface area contributed by atoms with Gasteiger partial charge in [-0.1, -0.05) is 0 Å². The summed E-state index contributed by atoms with van der Waals surface area (Å²) in [5.41, 5.74) is 8.03. The molecule has 6 heteroatoms. The number of aromatic nitrogens is 3. The lowest BCUT2D eigenvalue weighted by atomic mass is 10.3. The molecule has 3 heterocycles. The lowest BCUT2D eigenvalue weighted by Gasteiger charge is -1.98. The molecule has 0 fully saturated rings. The lowest BCUT2D eigenvalue weighted by Crippen LogP contribution is -1.94. The van der Waals surface area contributed by atoms with Crippen molar-refractivity contribution in [2.45, 2.75) is 0 Å². The Kier molecular flexibility index (Phi) is 2.64. The number of furan rings is 1. The third-order valence-corrected chi connectivity index (χ3v) is 2.90. The van der Waals surface area contributed by atoms with Gasteiger partial charge in [-0.25, -0.2) is 4.68 Å². The SMILES string of the molecule is Nc1cn(-c2ccncc2)nc1-c1ccc(Br)o1. The summed E-state index contributed by atoms with van der Waals surface area (Å²) in [5, 5.41) is 4.41. The molecule has 3 aromatic heterocycles. The molecule has 0 aliphatic rings. The van der Waals surface area contributed by atoms with Crippen LogP contribution in [0.1, 0.15) is 0 Å². The zero-order valence-corrected chi connectivity index (χ0v) is 10.8. The summed E-state index contributed by atoms with van der Waals surface area (Å²) in [6.07, 6.45) is 5.16. The van der Waals surface area contributed by atoms with Gasteiger partial charge in [0.15, 0.2) is 16.1 Å². The topological polar surface area (TPSA) is 69.9 Å². The summed E-state index contributed by atoms with van der Waals surface area (Å²) in [5.74, 6) is 0.632. The maximum atomic E-state index is 5.95. The Morgan fingerprint density at radius 3 is 2.61 bits per heavy atom. The fraction of sp³-hybridized carbons (Fsp3) is 0. The molecule has 18 heavy (non-hydrogen) atoms. The summed E-state index contributed by atoms with van der Waals surface area (Å²) in [4.78, 5) is 3.96. The van der Waals surface area contributed by atoms with Crippen molar-refractivity contribution in [2.75, 3.05) is 5.73 Å². The van der Waals surface area contributed by atoms with Crippen LogP contribution in [0.5, 0.6) is 0 Å². The van der Waals surface area contributed by atoms with E-state index < -0.39 is 0 Å². The van der Waals surface area contributed by atoms with Gasteiger partial charge in [0.25, 0.3) is 0 Å². The number of rotatable bonds is 2. The van der Waals surface area contributed by atoms with Crippen molar-refractivity contribution in [3.8, 4) is 17.1 Å². The quantitative estimate of drug-likeness (QED) is 0.790. The Hall–Kier alpha value is -2.08. The number of nitrogen functional groups attached to an aromatic ring is 1. The van der Waals surface area contributed by atoms with Gasteiger partial charge < -0.3 is 10.2 Å². The zero-order valence-electron chi connectivity index (χ0n) is 9.25. The van der Waals surface area contributed by atoms with Gasteiger partial charge in [-0.2, -0.15) is 5.10 Å². The van der Waals surface area contributed by atoms with Crippen molar-refractivity contribution in [1.82, 2.24) is 14.8 Å². The van der Waals surface area contributed by atoms with E-state index in [1.54, 1.807) is 29.3 Å². The van der Waals surface area contributed by atoms with Crippen molar-refractivity contribution in [3.63, 3.8) is 0 Å². The highest BCUT2D eigenvalue weighted by molar-refractivity contribution is 9.10. The van der Waals surface area contributed by atoms with E-state index in [0.717, 1.165) is 5.69 Å². The van der Waals surface area contributed by atoms with Crippen LogP contribution >= 0.6 is 15.9 Å². The highest BCUT2D eigenvalue weighted by atomic mass is 79.9. The van der Waals surface area contributed by atoms with E-state index in [2.05, 4.69) is 26.0 Å². The number of pyridine rings is 1. The van der Waals surface area contributed by atoms with Crippen molar-refractivity contribution in [1.29, 1.82) is 0 Å². The smallest absolute Gasteiger partial charge is 0.169 e. The van der Waals surface area contributed by atoms with Crippen molar-refractivity contribution >= 4 is 21.6 Å². The Balaban J connectivity index is 2.06. The second-order valence-corrected chi connectivity index (χ2v) is 4.47. The Labute approximate surface area is 111 Å². The van der Waals surface area contributed by atoms with Crippen LogP contribution < -0.4 is 5.73 Å². The van der Waals surface area contributed by atoms with Crippen LogP contribution in [0.4, 0.5) is 5.69 Å². The molecule has 3 aromatic rings. The number of nitrogens with zero attached hydrogens (tertiary/aromatic N) is 3. The molecular weight excluding hydrogens is 296 g/mol. The third kappa shape index (κ3) is 1.91. The maximum Gasteiger partial charge on any atom is 0.169 e. The molecule has 0 saturated heterocycles. The predicted molar refractivity (Wildman–Crippen MR) is 71.2 cm³/mol. The molecule has 0 aliphatic heterocycles. The van der Waals surface area contributed by atoms with Crippen molar-refractivity contribution in [3.05, 3.63) is 47.5 Å². The monoisotopic (exact) mass is 304 g/mol. The second kappa shape index (κ2) is 4.30. The highest BCUT2D eigenvalue weighted by Crippen LogP contribution is 2.28. The number of hydrogen-bond acceptors (Lipinski definition) is 4. The van der Waals surface area contributed by atoms with Crippen LogP contribution in [0, 0.1) is 0 Å². The normalized spacial score (nSPS) is 10.7. The van der Waals surface area contributed by atoms with Gasteiger partial charge in [0.05, 0.1) is 17.6 Å². The van der Waals surface area contributed by atoms with Crippen LogP contribution in [0.2, 0.25) is 0 Å². The molecule has 0 unspecified atom stereocenters. The average molecular weight is 305 g/mol. The molecule has 90 valence electrons. The summed E-state index contributed by atoms with van der Waals surface area (Å²) >= 11 is 3.26. The van der Waals surface area contributed by atoms with E-state index in [1.165, 1.54) is 0 Å². The summed E-state index contributed by atoms with van der Waals surface area (Å²) in [6.45, 7) is 0. The number of halogens is 1. The first-order valence-corrected chi connectivity index (χ1v) is 6.04. The van der Waals surface area contributed by atoms with Crippen LogP contribution in [0.25, 0.3) is 17.1 Å². The maximum absolute atomic E-state index is 5.95. The molecule has 0 spiro atoms. The number of hydrogen-bond donors (Lipinski definition) is 1. The van der Waals surface area contributed by atoms with Crippen LogP contribution in [-0.4, -0.2) is 14.8 Å². The van der Waals surface area contributed by atoms with E-state index in [-0.39, 0.29) is 0 Å². The summed E-state index contributed by atoms with van der Waals surface area (Å²) in [7, 11) is 0. The van der Waals surface area contributed by atoms with Gasteiger partial charge in [-0.3, -0.25) is 4.98 Å². The highest BCUT2D eigenvalue weighted by Gasteiger charge is 2.12. The van der Waals surface area contributed by atoms with Gasteiger partial charge in [-0.05, 0) is 40.2 Å². The minimum absolute atomic E-state index is 0.564. The first-order chi connectivity index (χ1) is 8.74. The average Bonchev–Trinajstić information content (AvgIpc) is 2.97. The summed E-state index contributed by atoms with van der Waals surface area (Å²) < 4.78 is 7.79. The molecule has 0 aliphatic carbocycles. The van der Waals surface area contributed by atoms with E-state index in [9.17, 15) is 0 Å². The van der Waals surface area contributed by atoms with Crippen molar-refractivity contribution < 1.29 is 4.42 Å². The molecule has 0 atom stereocenters. The van der Waals surface area contributed by atoms with Crippen molar-refractivity contribution in [2.24, 2.45) is 0 Å². The third-order valence-electron chi connectivity index (χ3n) is 2.48. The van der Waals surface area contributed by atoms with E-state index in [4.69, 9.17) is 10.2 Å². The largest absolute Gasteiger partial charge is 0.448 e. The number of nitrogens with two attached hydrogens (primary N) is 1. The Morgan fingerprint density at radius 2 is 1.94 bits per heavy atom. The summed E-state index contributed by atoms with van der Waals surface area (Å²) in [6, 6.07) is 7.34. The van der Waals surface area contributed by atoms with Gasteiger partial charge in [0.2, 0.25) is 0 Å². The zero-order chi connectivity index (χ0) is 12.5. The Morgan fingerprint density at radius 1 is 1.17 bits per heavy atom. The molecule has 2 N–H and O–H groups in total. The molecule has 0 radical (unpaired) electrons.